The van der Waals surface area contributed by atoms with Crippen LogP contribution in [0.15, 0.2) is 18.2 Å². The van der Waals surface area contributed by atoms with Crippen LogP contribution >= 0.6 is 0 Å². The maximum absolute atomic E-state index is 13.6. The molecule has 1 aromatic rings. The van der Waals surface area contributed by atoms with E-state index in [1.54, 1.807) is 0 Å². The summed E-state index contributed by atoms with van der Waals surface area (Å²) in [4.78, 5) is 2.16. The number of benzene rings is 1. The predicted molar refractivity (Wildman–Crippen MR) is 71.0 cm³/mol. The number of likely N-dealkylation sites (tertiary alicyclic amines) is 1. The average molecular weight is 302 g/mol. The summed E-state index contributed by atoms with van der Waals surface area (Å²) < 4.78 is 52.1. The summed E-state index contributed by atoms with van der Waals surface area (Å²) in [5, 5.41) is 0. The van der Waals surface area contributed by atoms with Gasteiger partial charge >= 0.3 is 6.18 Å². The minimum Gasteiger partial charge on any atom is -0.329 e. The minimum absolute atomic E-state index is 0.198. The fourth-order valence-electron chi connectivity index (χ4n) is 3.78. The number of halogens is 4. The first-order valence-corrected chi connectivity index (χ1v) is 7.22. The molecule has 3 atom stereocenters. The van der Waals surface area contributed by atoms with Gasteiger partial charge in [-0.1, -0.05) is 0 Å². The van der Waals surface area contributed by atoms with E-state index in [1.807, 2.05) is 0 Å². The zero-order valence-corrected chi connectivity index (χ0v) is 11.5. The van der Waals surface area contributed by atoms with Gasteiger partial charge in [0.05, 0.1) is 5.56 Å². The second-order valence-corrected chi connectivity index (χ2v) is 6.05. The fourth-order valence-corrected chi connectivity index (χ4v) is 3.78. The van der Waals surface area contributed by atoms with Crippen LogP contribution in [0.5, 0.6) is 0 Å². The molecule has 1 aliphatic heterocycles. The zero-order valence-electron chi connectivity index (χ0n) is 11.5. The Bertz CT molecular complexity index is 529. The highest BCUT2D eigenvalue weighted by Crippen LogP contribution is 2.42. The SMILES string of the molecule is NCC(c1cc(F)cc(C(F)(F)F)c1)N1CC2CCC1C2. The van der Waals surface area contributed by atoms with Crippen LogP contribution in [0.25, 0.3) is 0 Å². The van der Waals surface area contributed by atoms with E-state index in [2.05, 4.69) is 4.90 Å². The van der Waals surface area contributed by atoms with Crippen molar-refractivity contribution in [1.29, 1.82) is 0 Å². The molecule has 0 radical (unpaired) electrons. The molecule has 1 saturated carbocycles. The molecule has 21 heavy (non-hydrogen) atoms. The molecule has 2 bridgehead atoms. The monoisotopic (exact) mass is 302 g/mol. The lowest BCUT2D eigenvalue weighted by Crippen LogP contribution is -2.39. The van der Waals surface area contributed by atoms with Crippen LogP contribution in [0, 0.1) is 11.7 Å². The highest BCUT2D eigenvalue weighted by Gasteiger charge is 2.41. The fraction of sp³-hybridized carbons (Fsp3) is 0.600. The van der Waals surface area contributed by atoms with E-state index < -0.39 is 17.6 Å². The highest BCUT2D eigenvalue weighted by molar-refractivity contribution is 5.30. The summed E-state index contributed by atoms with van der Waals surface area (Å²) in [5.41, 5.74) is 5.17. The zero-order chi connectivity index (χ0) is 15.2. The van der Waals surface area contributed by atoms with E-state index in [0.717, 1.165) is 25.5 Å². The molecule has 2 aliphatic rings. The summed E-state index contributed by atoms with van der Waals surface area (Å²) in [6.07, 6.45) is -1.23. The number of nitrogens with two attached hydrogens (primary N) is 1. The molecule has 2 fully saturated rings. The smallest absolute Gasteiger partial charge is 0.329 e. The van der Waals surface area contributed by atoms with Crippen LogP contribution < -0.4 is 5.73 Å². The van der Waals surface area contributed by atoms with E-state index in [4.69, 9.17) is 5.73 Å². The van der Waals surface area contributed by atoms with Gasteiger partial charge in [-0.05, 0) is 48.9 Å². The maximum Gasteiger partial charge on any atom is 0.416 e. The largest absolute Gasteiger partial charge is 0.416 e. The van der Waals surface area contributed by atoms with Crippen LogP contribution in [0.1, 0.15) is 36.4 Å². The third-order valence-electron chi connectivity index (χ3n) is 4.71. The third-order valence-corrected chi connectivity index (χ3v) is 4.71. The van der Waals surface area contributed by atoms with E-state index in [-0.39, 0.29) is 12.6 Å². The Morgan fingerprint density at radius 2 is 2.00 bits per heavy atom. The second kappa shape index (κ2) is 5.25. The first-order valence-electron chi connectivity index (χ1n) is 7.22. The van der Waals surface area contributed by atoms with E-state index in [0.29, 0.717) is 23.6 Å². The van der Waals surface area contributed by atoms with Crippen LogP contribution in [-0.2, 0) is 6.18 Å². The van der Waals surface area contributed by atoms with Crippen LogP contribution in [0.4, 0.5) is 17.6 Å². The lowest BCUT2D eigenvalue weighted by molar-refractivity contribution is -0.137. The quantitative estimate of drug-likeness (QED) is 0.868. The van der Waals surface area contributed by atoms with Crippen molar-refractivity contribution in [3.63, 3.8) is 0 Å². The Labute approximate surface area is 120 Å². The lowest BCUT2D eigenvalue weighted by Gasteiger charge is -2.34. The van der Waals surface area contributed by atoms with Gasteiger partial charge in [0.15, 0.2) is 0 Å². The van der Waals surface area contributed by atoms with Crippen molar-refractivity contribution in [1.82, 2.24) is 4.90 Å². The van der Waals surface area contributed by atoms with Gasteiger partial charge in [0.25, 0.3) is 0 Å². The highest BCUT2D eigenvalue weighted by atomic mass is 19.4. The van der Waals surface area contributed by atoms with Crippen molar-refractivity contribution in [2.45, 2.75) is 37.5 Å². The van der Waals surface area contributed by atoms with E-state index in [9.17, 15) is 17.6 Å². The lowest BCUT2D eigenvalue weighted by atomic mass is 9.99. The molecule has 1 aromatic carbocycles. The number of alkyl halides is 3. The molecule has 0 aromatic heterocycles. The summed E-state index contributed by atoms with van der Waals surface area (Å²) in [6, 6.07) is 2.79. The van der Waals surface area contributed by atoms with Crippen molar-refractivity contribution in [2.24, 2.45) is 11.7 Å². The predicted octanol–water partition coefficient (Wildman–Crippen LogP) is 3.33. The Kier molecular flexibility index (Phi) is 3.69. The van der Waals surface area contributed by atoms with Gasteiger partial charge in [-0.25, -0.2) is 4.39 Å². The average Bonchev–Trinajstić information content (AvgIpc) is 3.00. The van der Waals surface area contributed by atoms with Gasteiger partial charge in [-0.15, -0.1) is 0 Å². The van der Waals surface area contributed by atoms with Crippen LogP contribution in [-0.4, -0.2) is 24.0 Å². The summed E-state index contributed by atoms with van der Waals surface area (Å²) in [6.45, 7) is 1.05. The Morgan fingerprint density at radius 1 is 1.24 bits per heavy atom. The van der Waals surface area contributed by atoms with E-state index in [1.165, 1.54) is 12.5 Å². The normalized spacial score (nSPS) is 27.3. The van der Waals surface area contributed by atoms with Gasteiger partial charge in [0.1, 0.15) is 5.82 Å². The maximum atomic E-state index is 13.6. The third kappa shape index (κ3) is 2.79. The second-order valence-electron chi connectivity index (χ2n) is 6.05. The Morgan fingerprint density at radius 3 is 2.52 bits per heavy atom. The number of piperidine rings is 1. The molecule has 116 valence electrons. The molecule has 0 spiro atoms. The molecule has 1 saturated heterocycles. The molecule has 1 aliphatic carbocycles. The van der Waals surface area contributed by atoms with Gasteiger partial charge in [-0.2, -0.15) is 13.2 Å². The Hall–Kier alpha value is -1.14. The first-order chi connectivity index (χ1) is 9.88. The van der Waals surface area contributed by atoms with Crippen molar-refractivity contribution >= 4 is 0 Å². The Balaban J connectivity index is 1.92. The number of nitrogens with zero attached hydrogens (tertiary/aromatic N) is 1. The van der Waals surface area contributed by atoms with E-state index >= 15 is 0 Å². The van der Waals surface area contributed by atoms with Gasteiger partial charge in [0, 0.05) is 25.2 Å². The molecule has 1 heterocycles. The van der Waals surface area contributed by atoms with Crippen molar-refractivity contribution in [3.05, 3.63) is 35.1 Å². The molecule has 3 unspecified atom stereocenters. The summed E-state index contributed by atoms with van der Waals surface area (Å²) >= 11 is 0. The van der Waals surface area contributed by atoms with Crippen molar-refractivity contribution < 1.29 is 17.6 Å². The first kappa shape index (κ1) is 14.8. The molecule has 2 nitrogen and oxygen atoms in total. The molecule has 6 heteroatoms. The molecule has 2 N–H and O–H groups in total. The van der Waals surface area contributed by atoms with Gasteiger partial charge in [0.2, 0.25) is 0 Å². The topological polar surface area (TPSA) is 29.3 Å². The number of rotatable bonds is 3. The summed E-state index contributed by atoms with van der Waals surface area (Å²) in [7, 11) is 0. The standard InChI is InChI=1S/C15H18F4N2/c16-12-5-10(4-11(6-12)15(17,18)19)14(7-20)21-8-9-1-2-13(21)3-9/h4-6,9,13-14H,1-3,7-8,20H2. The molecule has 3 rings (SSSR count). The van der Waals surface area contributed by atoms with Crippen LogP contribution in [0.3, 0.4) is 0 Å². The van der Waals surface area contributed by atoms with Crippen LogP contribution in [0.2, 0.25) is 0 Å². The van der Waals surface area contributed by atoms with Gasteiger partial charge < -0.3 is 5.73 Å². The number of fused-ring (bicyclic) bond motifs is 2. The van der Waals surface area contributed by atoms with Crippen molar-refractivity contribution in [2.75, 3.05) is 13.1 Å². The molecular formula is C15H18F4N2. The van der Waals surface area contributed by atoms with Gasteiger partial charge in [-0.3, -0.25) is 4.90 Å². The minimum atomic E-state index is -4.54. The summed E-state index contributed by atoms with van der Waals surface area (Å²) in [5.74, 6) is -0.248. The molecule has 0 amide bonds. The number of hydrogen-bond donors (Lipinski definition) is 1. The van der Waals surface area contributed by atoms with Crippen molar-refractivity contribution in [3.8, 4) is 0 Å². The number of hydrogen-bond acceptors (Lipinski definition) is 2. The molecular weight excluding hydrogens is 284 g/mol.